The van der Waals surface area contributed by atoms with Crippen LogP contribution >= 0.6 is 15.9 Å². The fourth-order valence-corrected chi connectivity index (χ4v) is 1.82. The Morgan fingerprint density at radius 2 is 2.00 bits per heavy atom. The molecule has 0 amide bonds. The Morgan fingerprint density at radius 1 is 1.35 bits per heavy atom. The zero-order chi connectivity index (χ0) is 13.1. The molecule has 1 aromatic carbocycles. The monoisotopic (exact) mass is 301 g/mol. The summed E-state index contributed by atoms with van der Waals surface area (Å²) < 4.78 is 13.8. The fraction of sp³-hybridized carbons (Fsp3) is 0.571. The van der Waals surface area contributed by atoms with Crippen molar-refractivity contribution in [1.29, 1.82) is 0 Å². The van der Waals surface area contributed by atoms with E-state index in [1.54, 1.807) is 6.07 Å². The van der Waals surface area contributed by atoms with E-state index in [0.29, 0.717) is 22.4 Å². The van der Waals surface area contributed by atoms with Crippen LogP contribution in [-0.2, 0) is 6.54 Å². The molecule has 0 aliphatic heterocycles. The van der Waals surface area contributed by atoms with Gasteiger partial charge >= 0.3 is 0 Å². The van der Waals surface area contributed by atoms with Gasteiger partial charge < -0.3 is 5.32 Å². The molecule has 1 nitrogen and oxygen atoms in total. The van der Waals surface area contributed by atoms with Gasteiger partial charge in [-0.2, -0.15) is 0 Å². The maximum absolute atomic E-state index is 13.3. The summed E-state index contributed by atoms with van der Waals surface area (Å²) in [5.41, 5.74) is 1.26. The van der Waals surface area contributed by atoms with Crippen LogP contribution in [0.1, 0.15) is 33.3 Å². The van der Waals surface area contributed by atoms with Crippen LogP contribution in [-0.4, -0.2) is 6.54 Å². The van der Waals surface area contributed by atoms with E-state index >= 15 is 0 Å². The van der Waals surface area contributed by atoms with Crippen LogP contribution in [0.4, 0.5) is 4.39 Å². The van der Waals surface area contributed by atoms with Gasteiger partial charge in [-0.25, -0.2) is 4.39 Å². The van der Waals surface area contributed by atoms with Gasteiger partial charge in [0.15, 0.2) is 0 Å². The lowest BCUT2D eigenvalue weighted by atomic mass is 9.82. The van der Waals surface area contributed by atoms with E-state index in [9.17, 15) is 4.39 Å². The predicted molar refractivity (Wildman–Crippen MR) is 74.4 cm³/mol. The Bertz CT molecular complexity index is 371. The molecule has 0 fully saturated rings. The summed E-state index contributed by atoms with van der Waals surface area (Å²) >= 11 is 3.27. The molecule has 1 rings (SSSR count). The van der Waals surface area contributed by atoms with Crippen LogP contribution in [0.15, 0.2) is 22.7 Å². The van der Waals surface area contributed by atoms with Crippen LogP contribution in [0.25, 0.3) is 0 Å². The molecular weight excluding hydrogens is 281 g/mol. The molecule has 0 aromatic heterocycles. The first-order valence-corrected chi connectivity index (χ1v) is 6.75. The normalized spacial score (nSPS) is 13.8. The first-order chi connectivity index (χ1) is 7.82. The molecule has 0 aliphatic carbocycles. The summed E-state index contributed by atoms with van der Waals surface area (Å²) in [6.45, 7) is 10.6. The van der Waals surface area contributed by atoms with Crippen molar-refractivity contribution in [1.82, 2.24) is 5.32 Å². The molecule has 1 unspecified atom stereocenters. The molecule has 1 aromatic rings. The summed E-state index contributed by atoms with van der Waals surface area (Å²) in [5.74, 6) is 0.378. The quantitative estimate of drug-likeness (QED) is 0.871. The largest absolute Gasteiger partial charge is 0.312 e. The fourth-order valence-electron chi connectivity index (χ4n) is 1.41. The number of nitrogens with one attached hydrogen (secondary N) is 1. The average molecular weight is 302 g/mol. The van der Waals surface area contributed by atoms with Crippen LogP contribution in [0, 0.1) is 17.2 Å². The lowest BCUT2D eigenvalue weighted by molar-refractivity contribution is 0.252. The van der Waals surface area contributed by atoms with E-state index in [-0.39, 0.29) is 5.82 Å². The Kier molecular flexibility index (Phi) is 5.14. The van der Waals surface area contributed by atoms with Crippen molar-refractivity contribution >= 4 is 15.9 Å². The van der Waals surface area contributed by atoms with Crippen molar-refractivity contribution < 1.29 is 4.39 Å². The zero-order valence-electron chi connectivity index (χ0n) is 11.0. The number of hydrogen-bond acceptors (Lipinski definition) is 1. The first kappa shape index (κ1) is 14.7. The Hall–Kier alpha value is -0.410. The van der Waals surface area contributed by atoms with Gasteiger partial charge in [0.25, 0.3) is 0 Å². The van der Waals surface area contributed by atoms with Crippen molar-refractivity contribution in [3.8, 4) is 0 Å². The van der Waals surface area contributed by atoms with Gasteiger partial charge in [-0.15, -0.1) is 0 Å². The molecule has 1 atom stereocenters. The third-order valence-corrected chi connectivity index (χ3v) is 4.16. The second-order valence-corrected chi connectivity index (χ2v) is 6.40. The highest BCUT2D eigenvalue weighted by Crippen LogP contribution is 2.25. The molecule has 96 valence electrons. The van der Waals surface area contributed by atoms with Crippen molar-refractivity contribution in [2.75, 3.05) is 6.54 Å². The van der Waals surface area contributed by atoms with Crippen molar-refractivity contribution in [2.24, 2.45) is 11.3 Å². The zero-order valence-corrected chi connectivity index (χ0v) is 12.6. The topological polar surface area (TPSA) is 12.0 Å². The minimum atomic E-state index is -0.201. The highest BCUT2D eigenvalue weighted by Gasteiger charge is 2.19. The summed E-state index contributed by atoms with van der Waals surface area (Å²) in [5, 5.41) is 3.38. The summed E-state index contributed by atoms with van der Waals surface area (Å²) in [4.78, 5) is 0. The number of halogens is 2. The van der Waals surface area contributed by atoms with Gasteiger partial charge in [0.1, 0.15) is 5.82 Å². The van der Waals surface area contributed by atoms with Crippen molar-refractivity contribution in [3.63, 3.8) is 0 Å². The molecular formula is C14H21BrFN. The molecule has 0 saturated carbocycles. The third kappa shape index (κ3) is 4.40. The third-order valence-electron chi connectivity index (χ3n) is 3.28. The first-order valence-electron chi connectivity index (χ1n) is 5.96. The lowest BCUT2D eigenvalue weighted by Gasteiger charge is -2.27. The SMILES string of the molecule is CC(CNCc1cccc(F)c1Br)C(C)(C)C. The maximum Gasteiger partial charge on any atom is 0.137 e. The van der Waals surface area contributed by atoms with E-state index < -0.39 is 0 Å². The second-order valence-electron chi connectivity index (χ2n) is 5.61. The van der Waals surface area contributed by atoms with E-state index in [0.717, 1.165) is 12.1 Å². The molecule has 0 bridgehead atoms. The number of hydrogen-bond donors (Lipinski definition) is 1. The predicted octanol–water partition coefficient (Wildman–Crippen LogP) is 4.36. The van der Waals surface area contributed by atoms with Crippen LogP contribution < -0.4 is 5.32 Å². The maximum atomic E-state index is 13.3. The molecule has 3 heteroatoms. The highest BCUT2D eigenvalue weighted by atomic mass is 79.9. The van der Waals surface area contributed by atoms with Crippen LogP contribution in [0.3, 0.4) is 0 Å². The van der Waals surface area contributed by atoms with Crippen molar-refractivity contribution in [2.45, 2.75) is 34.2 Å². The number of rotatable bonds is 4. The smallest absolute Gasteiger partial charge is 0.137 e. The van der Waals surface area contributed by atoms with Crippen molar-refractivity contribution in [3.05, 3.63) is 34.1 Å². The van der Waals surface area contributed by atoms with Gasteiger partial charge in [0.05, 0.1) is 4.47 Å². The molecule has 1 N–H and O–H groups in total. The minimum absolute atomic E-state index is 0.201. The van der Waals surface area contributed by atoms with E-state index in [2.05, 4.69) is 48.9 Å². The highest BCUT2D eigenvalue weighted by molar-refractivity contribution is 9.10. The summed E-state index contributed by atoms with van der Waals surface area (Å²) in [6, 6.07) is 5.14. The standard InChI is InChI=1S/C14H21BrFN/c1-10(14(2,3)4)8-17-9-11-6-5-7-12(16)13(11)15/h5-7,10,17H,8-9H2,1-4H3. The Labute approximate surface area is 112 Å². The molecule has 0 saturated heterocycles. The summed E-state index contributed by atoms with van der Waals surface area (Å²) in [6.07, 6.45) is 0. The number of benzene rings is 1. The van der Waals surface area contributed by atoms with E-state index in [4.69, 9.17) is 0 Å². The molecule has 0 spiro atoms. The van der Waals surface area contributed by atoms with Gasteiger partial charge in [0, 0.05) is 6.54 Å². The Morgan fingerprint density at radius 3 is 2.59 bits per heavy atom. The second kappa shape index (κ2) is 5.96. The minimum Gasteiger partial charge on any atom is -0.312 e. The molecule has 0 radical (unpaired) electrons. The van der Waals surface area contributed by atoms with Gasteiger partial charge in [0.2, 0.25) is 0 Å². The van der Waals surface area contributed by atoms with Crippen LogP contribution in [0.2, 0.25) is 0 Å². The average Bonchev–Trinajstić information content (AvgIpc) is 2.22. The van der Waals surface area contributed by atoms with Gasteiger partial charge in [-0.1, -0.05) is 39.8 Å². The molecule has 0 aliphatic rings. The Balaban J connectivity index is 2.49. The van der Waals surface area contributed by atoms with E-state index in [1.165, 1.54) is 6.07 Å². The lowest BCUT2D eigenvalue weighted by Crippen LogP contribution is -2.29. The molecule has 0 heterocycles. The van der Waals surface area contributed by atoms with Crippen LogP contribution in [0.5, 0.6) is 0 Å². The summed E-state index contributed by atoms with van der Waals surface area (Å²) in [7, 11) is 0. The van der Waals surface area contributed by atoms with Gasteiger partial charge in [-0.3, -0.25) is 0 Å². The molecule has 17 heavy (non-hydrogen) atoms. The van der Waals surface area contributed by atoms with Gasteiger partial charge in [-0.05, 0) is 45.4 Å². The van der Waals surface area contributed by atoms with E-state index in [1.807, 2.05) is 6.07 Å².